The zero-order chi connectivity index (χ0) is 22.9. The number of rotatable bonds is 4. The average Bonchev–Trinajstić information content (AvgIpc) is 2.86. The van der Waals surface area contributed by atoms with Gasteiger partial charge < -0.3 is 9.80 Å². The lowest BCUT2D eigenvalue weighted by molar-refractivity contribution is 0.631. The minimum absolute atomic E-state index is 0.0168. The maximum absolute atomic E-state index is 13.6. The Hall–Kier alpha value is -3.60. The highest BCUT2D eigenvalue weighted by molar-refractivity contribution is 5.79. The van der Waals surface area contributed by atoms with E-state index < -0.39 is 0 Å². The highest BCUT2D eigenvalue weighted by atomic mass is 16.1. The molecule has 0 aliphatic carbocycles. The van der Waals surface area contributed by atoms with Crippen LogP contribution < -0.4 is 15.4 Å². The Balaban J connectivity index is 1.53. The molecule has 0 spiro atoms. The number of aryl methyl sites for hydroxylation is 3. The summed E-state index contributed by atoms with van der Waals surface area (Å²) in [6.07, 6.45) is 0.971. The largest absolute Gasteiger partial charge is 0.368 e. The number of nitrogens with zero attached hydrogens (tertiary/aromatic N) is 4. The first-order valence-electron chi connectivity index (χ1n) is 11.7. The second-order valence-electron chi connectivity index (χ2n) is 8.85. The van der Waals surface area contributed by atoms with E-state index in [1.807, 2.05) is 36.4 Å². The van der Waals surface area contributed by atoms with E-state index in [0.717, 1.165) is 49.8 Å². The minimum atomic E-state index is -0.0168. The quantitative estimate of drug-likeness (QED) is 0.455. The number of piperazine rings is 1. The molecule has 2 heterocycles. The summed E-state index contributed by atoms with van der Waals surface area (Å²) in [4.78, 5) is 23.3. The average molecular weight is 439 g/mol. The normalized spacial score (nSPS) is 14.2. The molecule has 0 amide bonds. The molecule has 5 nitrogen and oxygen atoms in total. The van der Waals surface area contributed by atoms with Crippen LogP contribution in [-0.4, -0.2) is 35.7 Å². The summed E-state index contributed by atoms with van der Waals surface area (Å²) in [6.45, 7) is 9.85. The fraction of sp³-hybridized carbons (Fsp3) is 0.286. The summed E-state index contributed by atoms with van der Waals surface area (Å²) in [5.41, 5.74) is 6.72. The fourth-order valence-corrected chi connectivity index (χ4v) is 4.65. The number of anilines is 2. The van der Waals surface area contributed by atoms with Crippen molar-refractivity contribution in [2.75, 3.05) is 36.0 Å². The van der Waals surface area contributed by atoms with Crippen LogP contribution in [0.1, 0.15) is 23.6 Å². The second-order valence-corrected chi connectivity index (χ2v) is 8.85. The Morgan fingerprint density at radius 2 is 1.55 bits per heavy atom. The molecule has 1 saturated heterocycles. The first-order chi connectivity index (χ1) is 16.0. The molecule has 1 aromatic heterocycles. The van der Waals surface area contributed by atoms with Gasteiger partial charge in [-0.3, -0.25) is 4.79 Å². The van der Waals surface area contributed by atoms with Gasteiger partial charge in [-0.1, -0.05) is 43.3 Å². The van der Waals surface area contributed by atoms with Crippen molar-refractivity contribution < 1.29 is 0 Å². The Morgan fingerprint density at radius 1 is 0.848 bits per heavy atom. The smallest absolute Gasteiger partial charge is 0.267 e. The third kappa shape index (κ3) is 3.99. The number of hydrogen-bond donors (Lipinski definition) is 0. The molecular weight excluding hydrogens is 408 g/mol. The number of benzene rings is 3. The van der Waals surface area contributed by atoms with Crippen LogP contribution in [0.25, 0.3) is 16.6 Å². The van der Waals surface area contributed by atoms with Gasteiger partial charge in [0, 0.05) is 31.9 Å². The van der Waals surface area contributed by atoms with Crippen LogP contribution in [0.5, 0.6) is 0 Å². The van der Waals surface area contributed by atoms with Crippen molar-refractivity contribution >= 4 is 22.5 Å². The first kappa shape index (κ1) is 21.3. The van der Waals surface area contributed by atoms with Gasteiger partial charge in [0.05, 0.1) is 16.6 Å². The van der Waals surface area contributed by atoms with Gasteiger partial charge in [0.1, 0.15) is 0 Å². The summed E-state index contributed by atoms with van der Waals surface area (Å²) in [7, 11) is 0. The summed E-state index contributed by atoms with van der Waals surface area (Å²) in [5.74, 6) is 0.726. The van der Waals surface area contributed by atoms with E-state index in [-0.39, 0.29) is 5.56 Å². The lowest BCUT2D eigenvalue weighted by Crippen LogP contribution is -2.48. The third-order valence-electron chi connectivity index (χ3n) is 6.63. The van der Waals surface area contributed by atoms with Gasteiger partial charge in [-0.05, 0) is 67.3 Å². The van der Waals surface area contributed by atoms with Crippen LogP contribution in [0.4, 0.5) is 11.6 Å². The maximum Gasteiger partial charge on any atom is 0.267 e. The Kier molecular flexibility index (Phi) is 5.63. The molecule has 0 saturated carbocycles. The van der Waals surface area contributed by atoms with E-state index in [9.17, 15) is 4.79 Å². The molecule has 0 atom stereocenters. The highest BCUT2D eigenvalue weighted by Crippen LogP contribution is 2.26. The Morgan fingerprint density at radius 3 is 2.27 bits per heavy atom. The van der Waals surface area contributed by atoms with E-state index in [1.165, 1.54) is 22.4 Å². The van der Waals surface area contributed by atoms with E-state index in [0.29, 0.717) is 5.39 Å². The van der Waals surface area contributed by atoms with E-state index in [2.05, 4.69) is 60.9 Å². The highest BCUT2D eigenvalue weighted by Gasteiger charge is 2.24. The minimum Gasteiger partial charge on any atom is -0.368 e. The van der Waals surface area contributed by atoms with Gasteiger partial charge in [-0.15, -0.1) is 0 Å². The zero-order valence-electron chi connectivity index (χ0n) is 19.6. The molecule has 33 heavy (non-hydrogen) atoms. The van der Waals surface area contributed by atoms with Gasteiger partial charge in [0.2, 0.25) is 5.95 Å². The fourth-order valence-electron chi connectivity index (χ4n) is 4.65. The van der Waals surface area contributed by atoms with Crippen molar-refractivity contribution in [2.24, 2.45) is 0 Å². The molecule has 0 radical (unpaired) electrons. The predicted molar refractivity (Wildman–Crippen MR) is 137 cm³/mol. The van der Waals surface area contributed by atoms with Gasteiger partial charge in [-0.25, -0.2) is 9.55 Å². The Labute approximate surface area is 194 Å². The van der Waals surface area contributed by atoms with Gasteiger partial charge >= 0.3 is 0 Å². The van der Waals surface area contributed by atoms with E-state index in [4.69, 9.17) is 4.98 Å². The topological polar surface area (TPSA) is 41.4 Å². The molecule has 0 unspecified atom stereocenters. The van der Waals surface area contributed by atoms with Crippen LogP contribution in [0.2, 0.25) is 0 Å². The summed E-state index contributed by atoms with van der Waals surface area (Å²) < 4.78 is 1.79. The lowest BCUT2D eigenvalue weighted by atomic mass is 10.1. The SMILES string of the molecule is CCc1ccc(-n2c(N3CCN(c4cc(C)ccc4C)CC3)nc3ccccc3c2=O)cc1. The molecule has 168 valence electrons. The van der Waals surface area contributed by atoms with E-state index in [1.54, 1.807) is 4.57 Å². The molecule has 3 aromatic carbocycles. The molecule has 5 heteroatoms. The van der Waals surface area contributed by atoms with Crippen molar-refractivity contribution in [1.29, 1.82) is 0 Å². The Bertz CT molecular complexity index is 1350. The van der Waals surface area contributed by atoms with Crippen LogP contribution in [0.3, 0.4) is 0 Å². The number of para-hydroxylation sites is 1. The molecule has 4 aromatic rings. The van der Waals surface area contributed by atoms with Crippen LogP contribution in [0, 0.1) is 13.8 Å². The number of aromatic nitrogens is 2. The van der Waals surface area contributed by atoms with Crippen molar-refractivity contribution in [2.45, 2.75) is 27.2 Å². The summed E-state index contributed by atoms with van der Waals surface area (Å²) in [5, 5.41) is 0.648. The van der Waals surface area contributed by atoms with Crippen LogP contribution in [-0.2, 0) is 6.42 Å². The summed E-state index contributed by atoms with van der Waals surface area (Å²) >= 11 is 0. The molecule has 1 aliphatic heterocycles. The second kappa shape index (κ2) is 8.74. The van der Waals surface area contributed by atoms with Crippen molar-refractivity contribution in [3.05, 3.63) is 93.8 Å². The third-order valence-corrected chi connectivity index (χ3v) is 6.63. The molecular formula is C28H30N4O. The predicted octanol–water partition coefficient (Wildman–Crippen LogP) is 4.89. The maximum atomic E-state index is 13.6. The first-order valence-corrected chi connectivity index (χ1v) is 11.7. The monoisotopic (exact) mass is 438 g/mol. The van der Waals surface area contributed by atoms with Gasteiger partial charge in [0.25, 0.3) is 5.56 Å². The van der Waals surface area contributed by atoms with Gasteiger partial charge in [-0.2, -0.15) is 0 Å². The number of hydrogen-bond acceptors (Lipinski definition) is 4. The molecule has 5 rings (SSSR count). The molecule has 0 N–H and O–H groups in total. The van der Waals surface area contributed by atoms with Crippen molar-refractivity contribution in [3.8, 4) is 5.69 Å². The molecule has 0 bridgehead atoms. The van der Waals surface area contributed by atoms with Crippen molar-refractivity contribution in [3.63, 3.8) is 0 Å². The molecule has 1 aliphatic rings. The van der Waals surface area contributed by atoms with Crippen LogP contribution in [0.15, 0.2) is 71.5 Å². The lowest BCUT2D eigenvalue weighted by Gasteiger charge is -2.38. The van der Waals surface area contributed by atoms with Crippen molar-refractivity contribution in [1.82, 2.24) is 9.55 Å². The molecule has 1 fully saturated rings. The number of fused-ring (bicyclic) bond motifs is 1. The van der Waals surface area contributed by atoms with E-state index >= 15 is 0 Å². The summed E-state index contributed by atoms with van der Waals surface area (Å²) in [6, 6.07) is 22.5. The standard InChI is InChI=1S/C28H30N4O/c1-4-22-11-13-23(14-12-22)32-27(33)24-7-5-6-8-25(24)29-28(32)31-17-15-30(16-18-31)26-19-20(2)9-10-21(26)3/h5-14,19H,4,15-18H2,1-3H3. The van der Waals surface area contributed by atoms with Crippen LogP contribution >= 0.6 is 0 Å². The zero-order valence-corrected chi connectivity index (χ0v) is 19.6. The van der Waals surface area contributed by atoms with Gasteiger partial charge in [0.15, 0.2) is 0 Å².